The van der Waals surface area contributed by atoms with Crippen molar-refractivity contribution in [3.8, 4) is 5.69 Å². The second-order valence-corrected chi connectivity index (χ2v) is 8.46. The molecule has 0 amide bonds. The minimum atomic E-state index is -0.670. The van der Waals surface area contributed by atoms with E-state index in [1.807, 2.05) is 0 Å². The van der Waals surface area contributed by atoms with E-state index < -0.39 is 22.0 Å². The predicted molar refractivity (Wildman–Crippen MR) is 119 cm³/mol. The van der Waals surface area contributed by atoms with Crippen LogP contribution in [-0.4, -0.2) is 19.8 Å². The molecule has 4 aromatic rings. The van der Waals surface area contributed by atoms with Crippen LogP contribution in [0.4, 0.5) is 5.69 Å². The number of hydrogen-bond donors (Lipinski definition) is 0. The third-order valence-electron chi connectivity index (χ3n) is 4.70. The smallest absolute Gasteiger partial charge is 0.292 e. The van der Waals surface area contributed by atoms with Gasteiger partial charge < -0.3 is 0 Å². The zero-order valence-electron chi connectivity index (χ0n) is 16.1. The lowest BCUT2D eigenvalue weighted by molar-refractivity contribution is -0.384. The molecule has 31 heavy (non-hydrogen) atoms. The molecule has 0 atom stereocenters. The van der Waals surface area contributed by atoms with Gasteiger partial charge in [-0.15, -0.1) is 11.3 Å². The van der Waals surface area contributed by atoms with E-state index in [1.54, 1.807) is 31.2 Å². The van der Waals surface area contributed by atoms with Crippen LogP contribution in [0, 0.1) is 17.0 Å². The highest BCUT2D eigenvalue weighted by Gasteiger charge is 2.19. The second-order valence-electron chi connectivity index (χ2n) is 6.79. The summed E-state index contributed by atoms with van der Waals surface area (Å²) in [6.07, 6.45) is 0. The molecule has 2 aromatic carbocycles. The van der Waals surface area contributed by atoms with Gasteiger partial charge >= 0.3 is 5.69 Å². The SMILES string of the molecule is Cc1cc2c(=O)n(-c3cccc(Cl)c3)c(=O)n(CC(=O)c3ccc([N+](=O)[O-])cc3)c2s1. The Balaban J connectivity index is 1.87. The Morgan fingerprint density at radius 3 is 2.48 bits per heavy atom. The number of hydrogen-bond acceptors (Lipinski definition) is 6. The number of aryl methyl sites for hydroxylation is 1. The topological polar surface area (TPSA) is 104 Å². The van der Waals surface area contributed by atoms with Crippen LogP contribution < -0.4 is 11.2 Å². The largest absolute Gasteiger partial charge is 0.337 e. The zero-order chi connectivity index (χ0) is 22.3. The first kappa shape index (κ1) is 20.7. The summed E-state index contributed by atoms with van der Waals surface area (Å²) in [4.78, 5) is 50.7. The molecule has 0 unspecified atom stereocenters. The molecule has 0 radical (unpaired) electrons. The second kappa shape index (κ2) is 7.93. The molecule has 8 nitrogen and oxygen atoms in total. The van der Waals surface area contributed by atoms with Crippen molar-refractivity contribution in [3.63, 3.8) is 0 Å². The number of nitrogens with zero attached hydrogens (tertiary/aromatic N) is 3. The summed E-state index contributed by atoms with van der Waals surface area (Å²) < 4.78 is 2.24. The summed E-state index contributed by atoms with van der Waals surface area (Å²) in [6, 6.07) is 13.2. The Bertz CT molecular complexity index is 1470. The molecule has 10 heteroatoms. The maximum atomic E-state index is 13.3. The number of Topliss-reactive ketones (excluding diaryl/α,β-unsaturated/α-hetero) is 1. The van der Waals surface area contributed by atoms with Gasteiger partial charge in [-0.05, 0) is 43.3 Å². The van der Waals surface area contributed by atoms with Gasteiger partial charge in [0.05, 0.1) is 22.5 Å². The molecular weight excluding hydrogens is 442 g/mol. The minimum Gasteiger partial charge on any atom is -0.292 e. The molecule has 0 spiro atoms. The number of thiophene rings is 1. The number of carbonyl (C=O) groups excluding carboxylic acids is 1. The van der Waals surface area contributed by atoms with Gasteiger partial charge in [0, 0.05) is 27.6 Å². The minimum absolute atomic E-state index is 0.139. The highest BCUT2D eigenvalue weighted by molar-refractivity contribution is 7.18. The van der Waals surface area contributed by atoms with Crippen LogP contribution in [0.15, 0.2) is 64.2 Å². The van der Waals surface area contributed by atoms with E-state index >= 15 is 0 Å². The van der Waals surface area contributed by atoms with Gasteiger partial charge in [0.25, 0.3) is 11.2 Å². The Hall–Kier alpha value is -3.56. The Labute approximate surface area is 183 Å². The number of halogens is 1. The molecule has 0 aliphatic rings. The van der Waals surface area contributed by atoms with Crippen LogP contribution in [0.5, 0.6) is 0 Å². The van der Waals surface area contributed by atoms with Gasteiger partial charge in [0.15, 0.2) is 5.78 Å². The molecule has 0 aliphatic carbocycles. The molecule has 0 bridgehead atoms. The zero-order valence-corrected chi connectivity index (χ0v) is 17.6. The van der Waals surface area contributed by atoms with Crippen LogP contribution >= 0.6 is 22.9 Å². The van der Waals surface area contributed by atoms with E-state index in [2.05, 4.69) is 0 Å². The van der Waals surface area contributed by atoms with Crippen molar-refractivity contribution < 1.29 is 9.72 Å². The standard InChI is InChI=1S/C21H14ClN3O5S/c1-12-9-17-19(27)24(16-4-2-3-14(22)10-16)21(28)23(20(17)31-12)11-18(26)13-5-7-15(8-6-13)25(29)30/h2-10H,11H2,1H3. The summed E-state index contributed by atoms with van der Waals surface area (Å²) >= 11 is 7.28. The normalized spacial score (nSPS) is 11.0. The Morgan fingerprint density at radius 1 is 1.13 bits per heavy atom. The number of non-ortho nitro benzene ring substituents is 1. The summed E-state index contributed by atoms with van der Waals surface area (Å²) in [5.74, 6) is -0.416. The van der Waals surface area contributed by atoms with Crippen LogP contribution in [0.1, 0.15) is 15.2 Å². The van der Waals surface area contributed by atoms with Crippen LogP contribution in [-0.2, 0) is 6.54 Å². The highest BCUT2D eigenvalue weighted by Crippen LogP contribution is 2.23. The maximum absolute atomic E-state index is 13.3. The first-order valence-electron chi connectivity index (χ1n) is 9.06. The van der Waals surface area contributed by atoms with Crippen molar-refractivity contribution >= 4 is 44.6 Å². The summed E-state index contributed by atoms with van der Waals surface area (Å²) in [6.45, 7) is 1.48. The van der Waals surface area contributed by atoms with Gasteiger partial charge in [-0.2, -0.15) is 0 Å². The Morgan fingerprint density at radius 2 is 1.84 bits per heavy atom. The predicted octanol–water partition coefficient (Wildman–Crippen LogP) is 3.97. The highest BCUT2D eigenvalue weighted by atomic mass is 35.5. The number of nitro benzene ring substituents is 1. The summed E-state index contributed by atoms with van der Waals surface area (Å²) in [5, 5.41) is 11.5. The lowest BCUT2D eigenvalue weighted by Gasteiger charge is -2.12. The van der Waals surface area contributed by atoms with Crippen LogP contribution in [0.2, 0.25) is 5.02 Å². The Kier molecular flexibility index (Phi) is 5.30. The molecule has 0 N–H and O–H groups in total. The number of carbonyl (C=O) groups is 1. The number of fused-ring (bicyclic) bond motifs is 1. The van der Waals surface area contributed by atoms with Crippen molar-refractivity contribution in [2.45, 2.75) is 13.5 Å². The van der Waals surface area contributed by atoms with Crippen molar-refractivity contribution in [1.29, 1.82) is 0 Å². The van der Waals surface area contributed by atoms with Crippen molar-refractivity contribution in [2.24, 2.45) is 0 Å². The number of rotatable bonds is 5. The summed E-state index contributed by atoms with van der Waals surface area (Å²) in [5.41, 5.74) is -0.786. The van der Waals surface area contributed by atoms with Gasteiger partial charge in [-0.1, -0.05) is 17.7 Å². The third-order valence-corrected chi connectivity index (χ3v) is 6.01. The molecule has 0 aliphatic heterocycles. The lowest BCUT2D eigenvalue weighted by Crippen LogP contribution is -2.39. The maximum Gasteiger partial charge on any atom is 0.337 e. The van der Waals surface area contributed by atoms with Gasteiger partial charge in [0.1, 0.15) is 4.83 Å². The van der Waals surface area contributed by atoms with Gasteiger partial charge in [-0.3, -0.25) is 24.3 Å². The van der Waals surface area contributed by atoms with E-state index in [0.29, 0.717) is 20.9 Å². The van der Waals surface area contributed by atoms with Crippen LogP contribution in [0.25, 0.3) is 15.9 Å². The molecule has 0 fully saturated rings. The molecule has 4 rings (SSSR count). The molecule has 2 heterocycles. The average molecular weight is 456 g/mol. The first-order valence-corrected chi connectivity index (χ1v) is 10.3. The van der Waals surface area contributed by atoms with E-state index in [0.717, 1.165) is 9.44 Å². The third kappa shape index (κ3) is 3.80. The van der Waals surface area contributed by atoms with Crippen LogP contribution in [0.3, 0.4) is 0 Å². The van der Waals surface area contributed by atoms with Crippen molar-refractivity contribution in [2.75, 3.05) is 0 Å². The van der Waals surface area contributed by atoms with E-state index in [9.17, 15) is 24.5 Å². The van der Waals surface area contributed by atoms with Gasteiger partial charge in [0.2, 0.25) is 0 Å². The molecule has 0 saturated heterocycles. The average Bonchev–Trinajstić information content (AvgIpc) is 3.13. The fourth-order valence-electron chi connectivity index (χ4n) is 3.26. The number of nitro groups is 1. The number of benzene rings is 2. The van der Waals surface area contributed by atoms with Crippen molar-refractivity contribution in [1.82, 2.24) is 9.13 Å². The molecule has 156 valence electrons. The van der Waals surface area contributed by atoms with E-state index in [4.69, 9.17) is 11.6 Å². The first-order chi connectivity index (χ1) is 14.8. The van der Waals surface area contributed by atoms with Gasteiger partial charge in [-0.25, -0.2) is 9.36 Å². The monoisotopic (exact) mass is 455 g/mol. The fraction of sp³-hybridized carbons (Fsp3) is 0.0952. The molecule has 2 aromatic heterocycles. The van der Waals surface area contributed by atoms with E-state index in [1.165, 1.54) is 46.2 Å². The molecule has 0 saturated carbocycles. The number of ketones is 1. The summed E-state index contributed by atoms with van der Waals surface area (Å²) in [7, 11) is 0. The lowest BCUT2D eigenvalue weighted by atomic mass is 10.1. The quantitative estimate of drug-likeness (QED) is 0.257. The van der Waals surface area contributed by atoms with E-state index in [-0.39, 0.29) is 17.8 Å². The number of aromatic nitrogens is 2. The fourth-order valence-corrected chi connectivity index (χ4v) is 4.43. The van der Waals surface area contributed by atoms with Crippen molar-refractivity contribution in [3.05, 3.63) is 101 Å². The molecular formula is C21H14ClN3O5S.